The first-order valence-corrected chi connectivity index (χ1v) is 12.6. The number of rotatable bonds is 3. The third kappa shape index (κ3) is 2.71. The van der Waals surface area contributed by atoms with Gasteiger partial charge in [0.15, 0.2) is 0 Å². The van der Waals surface area contributed by atoms with E-state index >= 15 is 0 Å². The number of para-hydroxylation sites is 1. The van der Waals surface area contributed by atoms with Crippen molar-refractivity contribution >= 4 is 22.5 Å². The molecule has 7 rings (SSSR count). The van der Waals surface area contributed by atoms with E-state index in [1.165, 1.54) is 41.5 Å². The minimum atomic E-state index is 0.134. The molecule has 4 aliphatic rings. The predicted molar refractivity (Wildman–Crippen MR) is 130 cm³/mol. The quantitative estimate of drug-likeness (QED) is 0.583. The minimum Gasteiger partial charge on any atom is -0.419 e. The Balaban J connectivity index is 1.47. The van der Waals surface area contributed by atoms with Crippen molar-refractivity contribution in [1.82, 2.24) is 14.5 Å². The van der Waals surface area contributed by atoms with Crippen molar-refractivity contribution in [2.75, 3.05) is 44.3 Å². The van der Waals surface area contributed by atoms with Gasteiger partial charge in [0.1, 0.15) is 11.4 Å². The van der Waals surface area contributed by atoms with Gasteiger partial charge in [-0.25, -0.2) is 4.98 Å². The Morgan fingerprint density at radius 1 is 1.12 bits per heavy atom. The number of ether oxygens (including phenoxy) is 1. The average Bonchev–Trinajstić information content (AvgIpc) is 3.42. The molecule has 6 heterocycles. The molecular weight excluding hydrogens is 412 g/mol. The average molecular weight is 445 g/mol. The number of hydrogen-bond donors (Lipinski definition) is 0. The molecule has 2 saturated heterocycles. The van der Waals surface area contributed by atoms with Crippen molar-refractivity contribution in [3.63, 3.8) is 0 Å². The fourth-order valence-electron chi connectivity index (χ4n) is 6.99. The number of nitrogens with zero attached hydrogens (tertiary/aromatic N) is 4. The smallest absolute Gasteiger partial charge is 0.245 e. The summed E-state index contributed by atoms with van der Waals surface area (Å²) in [5.41, 5.74) is 6.55. The normalized spacial score (nSPS) is 27.0. The first-order chi connectivity index (χ1) is 16.2. The van der Waals surface area contributed by atoms with E-state index in [2.05, 4.69) is 58.6 Å². The van der Waals surface area contributed by atoms with Crippen molar-refractivity contribution in [3.05, 3.63) is 53.2 Å². The van der Waals surface area contributed by atoms with Gasteiger partial charge in [0.05, 0.1) is 24.8 Å². The summed E-state index contributed by atoms with van der Waals surface area (Å²) < 4.78 is 14.6. The zero-order valence-corrected chi connectivity index (χ0v) is 19.6. The molecule has 2 aromatic heterocycles. The Labute approximate surface area is 194 Å². The molecule has 0 radical (unpaired) electrons. The number of aromatic nitrogens is 2. The van der Waals surface area contributed by atoms with Crippen LogP contribution in [0, 0.1) is 12.3 Å². The van der Waals surface area contributed by atoms with E-state index in [-0.39, 0.29) is 5.41 Å². The van der Waals surface area contributed by atoms with Crippen LogP contribution in [-0.4, -0.2) is 53.8 Å². The summed E-state index contributed by atoms with van der Waals surface area (Å²) in [5.74, 6) is 1.66. The van der Waals surface area contributed by atoms with Crippen LogP contribution >= 0.6 is 0 Å². The van der Waals surface area contributed by atoms with Gasteiger partial charge in [-0.15, -0.1) is 0 Å². The molecule has 1 aromatic carbocycles. The Kier molecular flexibility index (Phi) is 4.34. The van der Waals surface area contributed by atoms with Gasteiger partial charge < -0.3 is 18.6 Å². The molecular formula is C27H32N4O2. The summed E-state index contributed by atoms with van der Waals surface area (Å²) >= 11 is 0. The number of morpholine rings is 1. The standard InChI is InChI=1S/C27H32N4O2/c1-3-27-10-6-11-29-12-9-20-19-7-4-5-8-21(19)31(23(20)24(27)29)22(17-27)25-28-18(2)26(33-25)30-13-15-32-16-14-30/h4-5,7-8,17,24H,3,6,9-16H2,1-2H3/t24-,27+/m1/s1. The summed E-state index contributed by atoms with van der Waals surface area (Å²) in [4.78, 5) is 10.0. The predicted octanol–water partition coefficient (Wildman–Crippen LogP) is 4.77. The summed E-state index contributed by atoms with van der Waals surface area (Å²) in [5, 5.41) is 1.40. The maximum absolute atomic E-state index is 6.58. The second-order valence-electron chi connectivity index (χ2n) is 10.1. The van der Waals surface area contributed by atoms with Gasteiger partial charge in [0, 0.05) is 36.1 Å². The van der Waals surface area contributed by atoms with Crippen LogP contribution in [0.3, 0.4) is 0 Å². The van der Waals surface area contributed by atoms with Gasteiger partial charge in [-0.05, 0) is 56.9 Å². The van der Waals surface area contributed by atoms with E-state index in [4.69, 9.17) is 14.1 Å². The van der Waals surface area contributed by atoms with Gasteiger partial charge in [0.25, 0.3) is 0 Å². The van der Waals surface area contributed by atoms with Crippen LogP contribution in [0.4, 0.5) is 5.88 Å². The minimum absolute atomic E-state index is 0.134. The molecule has 4 aliphatic heterocycles. The highest BCUT2D eigenvalue weighted by Gasteiger charge is 2.51. The molecule has 6 heteroatoms. The van der Waals surface area contributed by atoms with Crippen molar-refractivity contribution in [1.29, 1.82) is 0 Å². The molecule has 2 atom stereocenters. The van der Waals surface area contributed by atoms with Crippen LogP contribution < -0.4 is 4.90 Å². The molecule has 0 N–H and O–H groups in total. The van der Waals surface area contributed by atoms with Gasteiger partial charge in [0.2, 0.25) is 11.8 Å². The summed E-state index contributed by atoms with van der Waals surface area (Å²) in [6.07, 6.45) is 7.27. The van der Waals surface area contributed by atoms with E-state index in [0.29, 0.717) is 6.04 Å². The number of hydrogen-bond acceptors (Lipinski definition) is 5. The molecule has 2 fully saturated rings. The van der Waals surface area contributed by atoms with Crippen molar-refractivity contribution in [2.45, 2.75) is 45.6 Å². The van der Waals surface area contributed by atoms with E-state index < -0.39 is 0 Å². The third-order valence-electron chi connectivity index (χ3n) is 8.54. The maximum Gasteiger partial charge on any atom is 0.245 e. The zero-order valence-electron chi connectivity index (χ0n) is 19.6. The highest BCUT2D eigenvalue weighted by molar-refractivity contribution is 5.91. The second-order valence-corrected chi connectivity index (χ2v) is 10.1. The lowest BCUT2D eigenvalue weighted by Crippen LogP contribution is -2.50. The monoisotopic (exact) mass is 444 g/mol. The van der Waals surface area contributed by atoms with Crippen LogP contribution in [0.2, 0.25) is 0 Å². The van der Waals surface area contributed by atoms with E-state index in [9.17, 15) is 0 Å². The Bertz CT molecular complexity index is 1260. The van der Waals surface area contributed by atoms with Crippen LogP contribution in [0.15, 0.2) is 34.8 Å². The highest BCUT2D eigenvalue weighted by Crippen LogP contribution is 2.57. The number of anilines is 1. The summed E-state index contributed by atoms with van der Waals surface area (Å²) in [6.45, 7) is 9.99. The maximum atomic E-state index is 6.58. The number of aryl methyl sites for hydroxylation is 1. The molecule has 0 spiro atoms. The Morgan fingerprint density at radius 3 is 2.82 bits per heavy atom. The highest BCUT2D eigenvalue weighted by atomic mass is 16.5. The van der Waals surface area contributed by atoms with Gasteiger partial charge in [-0.3, -0.25) is 4.90 Å². The zero-order chi connectivity index (χ0) is 22.2. The van der Waals surface area contributed by atoms with Gasteiger partial charge >= 0.3 is 0 Å². The van der Waals surface area contributed by atoms with Gasteiger partial charge in [-0.1, -0.05) is 25.1 Å². The van der Waals surface area contributed by atoms with Crippen molar-refractivity contribution in [3.8, 4) is 0 Å². The molecule has 0 unspecified atom stereocenters. The molecule has 33 heavy (non-hydrogen) atoms. The summed E-state index contributed by atoms with van der Waals surface area (Å²) in [6, 6.07) is 9.37. The molecule has 3 aromatic rings. The van der Waals surface area contributed by atoms with Crippen LogP contribution in [0.25, 0.3) is 16.6 Å². The SMILES string of the molecule is CC[C@@]12C=C(c3nc(C)c(N4CCOCC4)o3)n3c4c(c5ccccc53)CCN(CCC1)[C@H]42. The van der Waals surface area contributed by atoms with Crippen molar-refractivity contribution < 1.29 is 9.15 Å². The molecule has 172 valence electrons. The van der Waals surface area contributed by atoms with E-state index in [1.54, 1.807) is 0 Å². The lowest BCUT2D eigenvalue weighted by molar-refractivity contribution is 0.0269. The van der Waals surface area contributed by atoms with Crippen LogP contribution in [0.5, 0.6) is 0 Å². The molecule has 0 bridgehead atoms. The fourth-order valence-corrected chi connectivity index (χ4v) is 6.99. The number of oxazole rings is 1. The second kappa shape index (κ2) is 7.21. The number of benzene rings is 1. The van der Waals surface area contributed by atoms with E-state index in [1.807, 2.05) is 0 Å². The first-order valence-electron chi connectivity index (χ1n) is 12.6. The Hall–Kier alpha value is -2.57. The molecule has 0 amide bonds. The van der Waals surface area contributed by atoms with E-state index in [0.717, 1.165) is 68.9 Å². The largest absolute Gasteiger partial charge is 0.419 e. The topological polar surface area (TPSA) is 46.7 Å². The van der Waals surface area contributed by atoms with Crippen LogP contribution in [0.1, 0.15) is 55.1 Å². The third-order valence-corrected chi connectivity index (χ3v) is 8.54. The Morgan fingerprint density at radius 2 is 1.97 bits per heavy atom. The molecule has 0 saturated carbocycles. The number of piperidine rings is 1. The van der Waals surface area contributed by atoms with Crippen molar-refractivity contribution in [2.24, 2.45) is 5.41 Å². The van der Waals surface area contributed by atoms with Crippen LogP contribution in [-0.2, 0) is 11.2 Å². The summed E-state index contributed by atoms with van der Waals surface area (Å²) in [7, 11) is 0. The number of fused-ring (bicyclic) bond motifs is 3. The molecule has 6 nitrogen and oxygen atoms in total. The van der Waals surface area contributed by atoms with Gasteiger partial charge in [-0.2, -0.15) is 0 Å². The first kappa shape index (κ1) is 19.9. The lowest BCUT2D eigenvalue weighted by atomic mass is 9.66. The lowest BCUT2D eigenvalue weighted by Gasteiger charge is -2.53. The fraction of sp³-hybridized carbons (Fsp3) is 0.519. The molecule has 0 aliphatic carbocycles.